The number of benzene rings is 2. The predicted molar refractivity (Wildman–Crippen MR) is 84.9 cm³/mol. The number of halogens is 2. The molecule has 0 atom stereocenters. The van der Waals surface area contributed by atoms with Gasteiger partial charge in [-0.2, -0.15) is 0 Å². The van der Waals surface area contributed by atoms with Crippen LogP contribution in [0.5, 0.6) is 0 Å². The Balaban J connectivity index is 2.35. The lowest BCUT2D eigenvalue weighted by atomic mass is 10.1. The fraction of sp³-hybridized carbons (Fsp3) is 0.235. The molecular weight excluding hydrogens is 287 g/mol. The van der Waals surface area contributed by atoms with Crippen LogP contribution in [0, 0.1) is 19.7 Å². The Hall–Kier alpha value is -1.87. The summed E-state index contributed by atoms with van der Waals surface area (Å²) < 4.78 is 15.7. The Kier molecular flexibility index (Phi) is 3.68. The number of aromatic nitrogens is 2. The van der Waals surface area contributed by atoms with E-state index in [1.54, 1.807) is 6.07 Å². The lowest BCUT2D eigenvalue weighted by Gasteiger charge is -2.13. The number of fused-ring (bicyclic) bond motifs is 1. The minimum atomic E-state index is -0.258. The molecule has 0 aliphatic rings. The summed E-state index contributed by atoms with van der Waals surface area (Å²) in [5.41, 5.74) is 4.96. The zero-order chi connectivity index (χ0) is 15.0. The van der Waals surface area contributed by atoms with E-state index in [0.29, 0.717) is 12.3 Å². The van der Waals surface area contributed by atoms with Gasteiger partial charge in [0.15, 0.2) is 0 Å². The van der Waals surface area contributed by atoms with Crippen LogP contribution < -0.4 is 0 Å². The Labute approximate surface area is 128 Å². The van der Waals surface area contributed by atoms with Gasteiger partial charge in [0.05, 0.1) is 16.7 Å². The number of hydrogen-bond acceptors (Lipinski definition) is 1. The molecule has 2 aromatic carbocycles. The van der Waals surface area contributed by atoms with Gasteiger partial charge >= 0.3 is 0 Å². The van der Waals surface area contributed by atoms with Crippen molar-refractivity contribution in [1.29, 1.82) is 0 Å². The molecule has 0 saturated carbocycles. The maximum Gasteiger partial charge on any atom is 0.125 e. The zero-order valence-electron chi connectivity index (χ0n) is 12.0. The van der Waals surface area contributed by atoms with Crippen molar-refractivity contribution < 1.29 is 4.39 Å². The van der Waals surface area contributed by atoms with Crippen LogP contribution in [0.25, 0.3) is 16.7 Å². The van der Waals surface area contributed by atoms with Crippen molar-refractivity contribution in [2.45, 2.75) is 20.3 Å². The second kappa shape index (κ2) is 5.49. The van der Waals surface area contributed by atoms with Crippen LogP contribution >= 0.6 is 11.6 Å². The second-order valence-electron chi connectivity index (χ2n) is 5.15. The van der Waals surface area contributed by atoms with Gasteiger partial charge in [0.2, 0.25) is 0 Å². The number of aryl methyl sites for hydroxylation is 2. The van der Waals surface area contributed by atoms with Crippen molar-refractivity contribution in [1.82, 2.24) is 9.55 Å². The highest BCUT2D eigenvalue weighted by atomic mass is 35.5. The number of hydrogen-bond donors (Lipinski definition) is 0. The molecule has 108 valence electrons. The molecule has 1 aromatic heterocycles. The monoisotopic (exact) mass is 302 g/mol. The maximum atomic E-state index is 13.6. The van der Waals surface area contributed by atoms with Gasteiger partial charge in [-0.1, -0.05) is 12.1 Å². The molecule has 2 nitrogen and oxygen atoms in total. The van der Waals surface area contributed by atoms with Gasteiger partial charge < -0.3 is 0 Å². The first-order chi connectivity index (χ1) is 10.1. The smallest absolute Gasteiger partial charge is 0.125 e. The van der Waals surface area contributed by atoms with Crippen LogP contribution in [0.1, 0.15) is 17.0 Å². The third-order valence-electron chi connectivity index (χ3n) is 3.82. The molecule has 4 heteroatoms. The SMILES string of the molecule is Cc1cccc(-n2c(CCCl)nc3ccc(F)cc32)c1C. The predicted octanol–water partition coefficient (Wildman–Crippen LogP) is 4.56. The van der Waals surface area contributed by atoms with E-state index in [1.165, 1.54) is 17.7 Å². The molecule has 0 unspecified atom stereocenters. The van der Waals surface area contributed by atoms with E-state index in [0.717, 1.165) is 28.1 Å². The van der Waals surface area contributed by atoms with Gasteiger partial charge in [-0.05, 0) is 43.2 Å². The summed E-state index contributed by atoms with van der Waals surface area (Å²) >= 11 is 5.90. The molecule has 0 fully saturated rings. The molecule has 0 aliphatic carbocycles. The molecule has 0 aliphatic heterocycles. The third kappa shape index (κ3) is 2.42. The molecule has 3 rings (SSSR count). The van der Waals surface area contributed by atoms with Gasteiger partial charge in [-0.3, -0.25) is 4.57 Å². The van der Waals surface area contributed by atoms with Crippen molar-refractivity contribution in [3.8, 4) is 5.69 Å². The molecule has 1 heterocycles. The summed E-state index contributed by atoms with van der Waals surface area (Å²) in [6, 6.07) is 10.8. The van der Waals surface area contributed by atoms with Crippen molar-refractivity contribution in [3.05, 3.63) is 59.2 Å². The molecule has 0 spiro atoms. The molecule has 0 saturated heterocycles. The van der Waals surface area contributed by atoms with Crippen LogP contribution in [0.15, 0.2) is 36.4 Å². The number of alkyl halides is 1. The largest absolute Gasteiger partial charge is 0.296 e. The van der Waals surface area contributed by atoms with Crippen LogP contribution in [-0.2, 0) is 6.42 Å². The summed E-state index contributed by atoms with van der Waals surface area (Å²) in [5, 5.41) is 0. The Morgan fingerprint density at radius 3 is 2.76 bits per heavy atom. The normalized spacial score (nSPS) is 11.2. The lowest BCUT2D eigenvalue weighted by Crippen LogP contribution is -2.05. The highest BCUT2D eigenvalue weighted by Gasteiger charge is 2.14. The number of imidazole rings is 1. The zero-order valence-corrected chi connectivity index (χ0v) is 12.8. The fourth-order valence-corrected chi connectivity index (χ4v) is 2.77. The topological polar surface area (TPSA) is 17.8 Å². The first kappa shape index (κ1) is 14.1. The molecule has 0 bridgehead atoms. The van der Waals surface area contributed by atoms with E-state index in [-0.39, 0.29) is 5.82 Å². The Morgan fingerprint density at radius 2 is 2.00 bits per heavy atom. The minimum absolute atomic E-state index is 0.258. The quantitative estimate of drug-likeness (QED) is 0.648. The number of nitrogens with zero attached hydrogens (tertiary/aromatic N) is 2. The van der Waals surface area contributed by atoms with E-state index < -0.39 is 0 Å². The van der Waals surface area contributed by atoms with Crippen LogP contribution in [-0.4, -0.2) is 15.4 Å². The van der Waals surface area contributed by atoms with Gasteiger partial charge in [0, 0.05) is 18.4 Å². The Morgan fingerprint density at radius 1 is 1.19 bits per heavy atom. The minimum Gasteiger partial charge on any atom is -0.296 e. The average Bonchev–Trinajstić information content (AvgIpc) is 2.80. The van der Waals surface area contributed by atoms with Crippen molar-refractivity contribution in [3.63, 3.8) is 0 Å². The summed E-state index contributed by atoms with van der Waals surface area (Å²) in [6.45, 7) is 4.14. The molecular formula is C17H16ClFN2. The summed E-state index contributed by atoms with van der Waals surface area (Å²) in [6.07, 6.45) is 0.644. The highest BCUT2D eigenvalue weighted by Crippen LogP contribution is 2.26. The first-order valence-electron chi connectivity index (χ1n) is 6.91. The van der Waals surface area contributed by atoms with Gasteiger partial charge in [0.25, 0.3) is 0 Å². The van der Waals surface area contributed by atoms with Crippen LogP contribution in [0.3, 0.4) is 0 Å². The molecule has 3 aromatic rings. The second-order valence-corrected chi connectivity index (χ2v) is 5.53. The Bertz CT molecular complexity index is 808. The van der Waals surface area contributed by atoms with Gasteiger partial charge in [-0.25, -0.2) is 9.37 Å². The molecule has 0 radical (unpaired) electrons. The van der Waals surface area contributed by atoms with E-state index in [4.69, 9.17) is 11.6 Å². The first-order valence-corrected chi connectivity index (χ1v) is 7.44. The van der Waals surface area contributed by atoms with E-state index in [9.17, 15) is 4.39 Å². The van der Waals surface area contributed by atoms with Crippen molar-refractivity contribution in [2.24, 2.45) is 0 Å². The lowest BCUT2D eigenvalue weighted by molar-refractivity contribution is 0.629. The molecule has 21 heavy (non-hydrogen) atoms. The highest BCUT2D eigenvalue weighted by molar-refractivity contribution is 6.17. The molecule has 0 amide bonds. The van der Waals surface area contributed by atoms with Gasteiger partial charge in [0.1, 0.15) is 11.6 Å². The van der Waals surface area contributed by atoms with E-state index in [1.807, 2.05) is 16.7 Å². The summed E-state index contributed by atoms with van der Waals surface area (Å²) in [4.78, 5) is 4.60. The standard InChI is InChI=1S/C17H16ClFN2/c1-11-4-3-5-15(12(11)2)21-16-10-13(19)6-7-14(16)20-17(21)8-9-18/h3-7,10H,8-9H2,1-2H3. The van der Waals surface area contributed by atoms with Crippen molar-refractivity contribution in [2.75, 3.05) is 5.88 Å². The van der Waals surface area contributed by atoms with E-state index in [2.05, 4.69) is 24.9 Å². The van der Waals surface area contributed by atoms with E-state index >= 15 is 0 Å². The van der Waals surface area contributed by atoms with Gasteiger partial charge in [-0.15, -0.1) is 11.6 Å². The third-order valence-corrected chi connectivity index (χ3v) is 4.01. The molecule has 0 N–H and O–H groups in total. The summed E-state index contributed by atoms with van der Waals surface area (Å²) in [5.74, 6) is 1.09. The average molecular weight is 303 g/mol. The fourth-order valence-electron chi connectivity index (χ4n) is 2.60. The van der Waals surface area contributed by atoms with Crippen LogP contribution in [0.2, 0.25) is 0 Å². The van der Waals surface area contributed by atoms with Crippen LogP contribution in [0.4, 0.5) is 4.39 Å². The number of rotatable bonds is 3. The van der Waals surface area contributed by atoms with Crippen molar-refractivity contribution >= 4 is 22.6 Å². The summed E-state index contributed by atoms with van der Waals surface area (Å²) in [7, 11) is 0. The maximum absolute atomic E-state index is 13.6.